The third kappa shape index (κ3) is 7.61. The molecule has 6 rings (SSSR count). The molecule has 6 fully saturated rings. The maximum absolute atomic E-state index is 12.6. The summed E-state index contributed by atoms with van der Waals surface area (Å²) in [5.41, 5.74) is -2.75. The van der Waals surface area contributed by atoms with Gasteiger partial charge in [-0.1, -0.05) is 46.8 Å². The number of rotatable bonds is 11. The van der Waals surface area contributed by atoms with Crippen molar-refractivity contribution in [1.29, 1.82) is 0 Å². The van der Waals surface area contributed by atoms with E-state index in [2.05, 4.69) is 26.0 Å². The number of methoxy groups -OCH3 is 1. The molecule has 4 aliphatic carbocycles. The van der Waals surface area contributed by atoms with E-state index in [4.69, 9.17) is 23.7 Å². The fraction of sp³-hybridized carbons (Fsp3) is 0.950. The van der Waals surface area contributed by atoms with E-state index < -0.39 is 108 Å². The number of aliphatic hydroxyl groups is 10. The van der Waals surface area contributed by atoms with E-state index in [0.717, 1.165) is 0 Å². The van der Waals surface area contributed by atoms with Crippen LogP contribution in [0.1, 0.15) is 73.1 Å². The van der Waals surface area contributed by atoms with E-state index in [1.165, 1.54) is 7.11 Å². The Balaban J connectivity index is 1.08. The zero-order valence-electron chi connectivity index (χ0n) is 33.1. The summed E-state index contributed by atoms with van der Waals surface area (Å²) in [5, 5.41) is 110. The Morgan fingerprint density at radius 1 is 0.727 bits per heavy atom. The van der Waals surface area contributed by atoms with Crippen molar-refractivity contribution >= 4 is 0 Å². The Labute approximate surface area is 324 Å². The van der Waals surface area contributed by atoms with E-state index >= 15 is 0 Å². The van der Waals surface area contributed by atoms with Crippen LogP contribution in [0.15, 0.2) is 12.2 Å². The molecule has 2 saturated heterocycles. The molecule has 0 aromatic heterocycles. The van der Waals surface area contributed by atoms with Gasteiger partial charge in [-0.2, -0.15) is 0 Å². The number of ether oxygens (including phenoxy) is 5. The Morgan fingerprint density at radius 2 is 1.40 bits per heavy atom. The molecule has 15 heteroatoms. The van der Waals surface area contributed by atoms with Gasteiger partial charge in [0.2, 0.25) is 0 Å². The van der Waals surface area contributed by atoms with Gasteiger partial charge in [0.25, 0.3) is 0 Å². The van der Waals surface area contributed by atoms with Crippen LogP contribution in [0.2, 0.25) is 0 Å². The Morgan fingerprint density at radius 3 is 2.07 bits per heavy atom. The van der Waals surface area contributed by atoms with Crippen LogP contribution in [0.25, 0.3) is 0 Å². The van der Waals surface area contributed by atoms with Crippen LogP contribution in [-0.2, 0) is 23.7 Å². The minimum Gasteiger partial charge on any atom is -0.393 e. The van der Waals surface area contributed by atoms with Gasteiger partial charge in [0.15, 0.2) is 12.6 Å². The summed E-state index contributed by atoms with van der Waals surface area (Å²) in [6.45, 7) is 10.2. The summed E-state index contributed by atoms with van der Waals surface area (Å²) >= 11 is 0. The molecule has 6 aliphatic rings. The molecule has 22 atom stereocenters. The molecule has 15 nitrogen and oxygen atoms in total. The summed E-state index contributed by atoms with van der Waals surface area (Å²) in [6.07, 6.45) is -7.96. The van der Waals surface area contributed by atoms with Crippen molar-refractivity contribution in [1.82, 2.24) is 0 Å². The first-order valence-corrected chi connectivity index (χ1v) is 20.4. The minimum absolute atomic E-state index is 0.0382. The molecule has 0 bridgehead atoms. The molecule has 2 aliphatic heterocycles. The van der Waals surface area contributed by atoms with Crippen molar-refractivity contribution in [2.45, 2.75) is 158 Å². The van der Waals surface area contributed by atoms with Crippen molar-refractivity contribution in [3.05, 3.63) is 12.2 Å². The molecule has 0 aromatic rings. The summed E-state index contributed by atoms with van der Waals surface area (Å²) < 4.78 is 28.4. The lowest BCUT2D eigenvalue weighted by atomic mass is 9.41. The molecule has 55 heavy (non-hydrogen) atoms. The highest BCUT2D eigenvalue weighted by Crippen LogP contribution is 2.69. The molecule has 0 spiro atoms. The predicted molar refractivity (Wildman–Crippen MR) is 195 cm³/mol. The van der Waals surface area contributed by atoms with E-state index in [0.29, 0.717) is 32.1 Å². The highest BCUT2D eigenvalue weighted by Gasteiger charge is 2.73. The largest absolute Gasteiger partial charge is 0.393 e. The van der Waals surface area contributed by atoms with Crippen LogP contribution in [0.5, 0.6) is 0 Å². The van der Waals surface area contributed by atoms with E-state index in [-0.39, 0.29) is 55.8 Å². The Hall–Kier alpha value is -0.860. The first kappa shape index (κ1) is 43.7. The van der Waals surface area contributed by atoms with Gasteiger partial charge in [0.1, 0.15) is 36.6 Å². The normalized spacial score (nSPS) is 52.8. The summed E-state index contributed by atoms with van der Waals surface area (Å²) in [7, 11) is 1.40. The smallest absolute Gasteiger partial charge is 0.186 e. The first-order chi connectivity index (χ1) is 25.8. The second-order valence-electron chi connectivity index (χ2n) is 18.6. The van der Waals surface area contributed by atoms with Crippen LogP contribution < -0.4 is 0 Å². The molecule has 3 unspecified atom stereocenters. The zero-order valence-corrected chi connectivity index (χ0v) is 33.1. The lowest BCUT2D eigenvalue weighted by molar-refractivity contribution is -0.330. The second kappa shape index (κ2) is 16.7. The second-order valence-corrected chi connectivity index (χ2v) is 18.6. The van der Waals surface area contributed by atoms with E-state index in [9.17, 15) is 51.1 Å². The van der Waals surface area contributed by atoms with Gasteiger partial charge in [0, 0.05) is 25.4 Å². The van der Waals surface area contributed by atoms with Crippen molar-refractivity contribution in [2.24, 2.45) is 52.3 Å². The van der Waals surface area contributed by atoms with Crippen LogP contribution in [0.3, 0.4) is 0 Å². The fourth-order valence-electron chi connectivity index (χ4n) is 12.3. The number of allylic oxidation sites excluding steroid dienone is 2. The zero-order chi connectivity index (χ0) is 40.4. The molecule has 0 radical (unpaired) electrons. The van der Waals surface area contributed by atoms with Crippen LogP contribution in [0, 0.1) is 52.3 Å². The van der Waals surface area contributed by atoms with Gasteiger partial charge >= 0.3 is 0 Å². The molecule has 0 amide bonds. The highest BCUT2D eigenvalue weighted by atomic mass is 16.7. The van der Waals surface area contributed by atoms with Crippen LogP contribution in [-0.4, -0.2) is 163 Å². The molecular formula is C40H68O15. The third-order valence-electron chi connectivity index (χ3n) is 15.2. The molecule has 4 saturated carbocycles. The average Bonchev–Trinajstić information content (AvgIpc) is 3.33. The maximum Gasteiger partial charge on any atom is 0.186 e. The Bertz CT molecular complexity index is 1320. The average molecular weight is 789 g/mol. The minimum atomic E-state index is -1.50. The summed E-state index contributed by atoms with van der Waals surface area (Å²) in [4.78, 5) is 0. The quantitative estimate of drug-likeness (QED) is 0.118. The SMILES string of the molecule is CO[C@@H]1[C@@H](O)[C@H](OCC[C@@H](/C=C/[C@@H](C)[C@H]2[C@@H](O)[C@@H](O)C3[C@]4(O)C[C@H](O)C5[C@@H](O)[C@@H](O)CC[C@]5(C)C4CC[C@@]32C)C(C)C)OC[C@H]1O[C@@H]1OC[C@H](O)[C@H](O)[C@H]1O. The van der Waals surface area contributed by atoms with Crippen molar-refractivity contribution in [2.75, 3.05) is 26.9 Å². The Kier molecular flexibility index (Phi) is 13.2. The molecule has 10 N–H and O–H groups in total. The molecule has 318 valence electrons. The third-order valence-corrected chi connectivity index (χ3v) is 15.2. The summed E-state index contributed by atoms with van der Waals surface area (Å²) in [5.74, 6) is -1.89. The monoisotopic (exact) mass is 788 g/mol. The summed E-state index contributed by atoms with van der Waals surface area (Å²) in [6, 6.07) is 0. The van der Waals surface area contributed by atoms with Gasteiger partial charge in [-0.05, 0) is 72.5 Å². The number of fused-ring (bicyclic) bond motifs is 5. The topological polar surface area (TPSA) is 248 Å². The lowest BCUT2D eigenvalue weighted by Gasteiger charge is -2.66. The first-order valence-electron chi connectivity index (χ1n) is 20.4. The fourth-order valence-corrected chi connectivity index (χ4v) is 12.3. The van der Waals surface area contributed by atoms with Crippen LogP contribution >= 0.6 is 0 Å². The van der Waals surface area contributed by atoms with Crippen molar-refractivity contribution in [3.63, 3.8) is 0 Å². The van der Waals surface area contributed by atoms with Crippen LogP contribution in [0.4, 0.5) is 0 Å². The van der Waals surface area contributed by atoms with Gasteiger partial charge in [-0.25, -0.2) is 0 Å². The molecule has 0 aromatic carbocycles. The van der Waals surface area contributed by atoms with Crippen molar-refractivity contribution in [3.8, 4) is 0 Å². The van der Waals surface area contributed by atoms with Crippen molar-refractivity contribution < 1.29 is 74.7 Å². The lowest BCUT2D eigenvalue weighted by Crippen LogP contribution is -2.71. The van der Waals surface area contributed by atoms with Gasteiger partial charge < -0.3 is 74.7 Å². The van der Waals surface area contributed by atoms with E-state index in [1.54, 1.807) is 0 Å². The van der Waals surface area contributed by atoms with Gasteiger partial charge in [0.05, 0.1) is 55.9 Å². The number of aliphatic hydroxyl groups excluding tert-OH is 9. The van der Waals surface area contributed by atoms with Gasteiger partial charge in [-0.3, -0.25) is 0 Å². The molecular weight excluding hydrogens is 720 g/mol. The molecule has 2 heterocycles. The predicted octanol–water partition coefficient (Wildman–Crippen LogP) is -0.568. The number of hydrogen-bond donors (Lipinski definition) is 10. The van der Waals surface area contributed by atoms with E-state index in [1.807, 2.05) is 20.8 Å². The highest BCUT2D eigenvalue weighted by molar-refractivity contribution is 5.23. The number of hydrogen-bond acceptors (Lipinski definition) is 15. The standard InChI is InChI=1S/C40H68O15/c1-18(2)20(11-14-52-36-33(49)34(51-6)24(17-54-36)55-37-32(48)29(45)23(43)16-53-37)8-7-19(3)26-30(46)31(47)35-39(26,5)13-10-25-38(4)12-9-21(41)28(44)27(38)22(42)15-40(25,35)50/h7-8,18-37,41-50H,9-17H2,1-6H3/b8-7+/t19-,20-,21+,22+,23+,24-,25?,26+,27?,28+,29+,30-,31-,32-,33-,34+,35?,36-,37+,38-,39-,40+/m1/s1. The van der Waals surface area contributed by atoms with Gasteiger partial charge in [-0.15, -0.1) is 0 Å². The maximum atomic E-state index is 12.6.